The molecule has 1 atom stereocenters. The number of nitrogens with zero attached hydrogens (tertiary/aromatic N) is 3. The molecular formula is C19H16F3N3O4. The van der Waals surface area contributed by atoms with E-state index >= 15 is 0 Å². The lowest BCUT2D eigenvalue weighted by Gasteiger charge is -2.39. The number of halogens is 3. The van der Waals surface area contributed by atoms with Gasteiger partial charge in [0.25, 0.3) is 11.6 Å². The Balaban J connectivity index is 1.75. The second-order valence-corrected chi connectivity index (χ2v) is 6.51. The van der Waals surface area contributed by atoms with Crippen LogP contribution in [0.4, 0.5) is 24.5 Å². The van der Waals surface area contributed by atoms with Gasteiger partial charge in [-0.15, -0.1) is 0 Å². The van der Waals surface area contributed by atoms with Crippen molar-refractivity contribution in [2.45, 2.75) is 19.1 Å². The molecule has 2 amide bonds. The van der Waals surface area contributed by atoms with Crippen molar-refractivity contribution in [2.24, 2.45) is 0 Å². The molecule has 29 heavy (non-hydrogen) atoms. The summed E-state index contributed by atoms with van der Waals surface area (Å²) in [7, 11) is 0. The van der Waals surface area contributed by atoms with Gasteiger partial charge in [0.05, 0.1) is 10.5 Å². The van der Waals surface area contributed by atoms with Gasteiger partial charge in [0.1, 0.15) is 6.04 Å². The number of rotatable bonds is 3. The number of piperazine rings is 1. The molecule has 152 valence electrons. The normalized spacial score (nSPS) is 17.4. The van der Waals surface area contributed by atoms with E-state index in [1.54, 1.807) is 0 Å². The average Bonchev–Trinajstić information content (AvgIpc) is 2.69. The minimum Gasteiger partial charge on any atom is -0.325 e. The fourth-order valence-corrected chi connectivity index (χ4v) is 3.13. The first-order chi connectivity index (χ1) is 13.6. The van der Waals surface area contributed by atoms with Crippen molar-refractivity contribution < 1.29 is 27.7 Å². The molecule has 3 rings (SSSR count). The molecule has 2 aromatic rings. The minimum absolute atomic E-state index is 0.0569. The maximum Gasteiger partial charge on any atom is 0.416 e. The number of alkyl halides is 3. The standard InChI is InChI=1S/C19H16F3N3O4/c1-12-17(26)24(15-6-8-16(9-7-15)25(28)29)11-10-23(12)18(27)13-2-4-14(5-3-13)19(20,21)22/h2-9,12H,10-11H2,1H3/t12-/m0/s1. The average molecular weight is 407 g/mol. The maximum atomic E-state index is 12.7. The van der Waals surface area contributed by atoms with Crippen LogP contribution in [0.2, 0.25) is 0 Å². The van der Waals surface area contributed by atoms with Crippen molar-refractivity contribution in [3.05, 3.63) is 69.8 Å². The zero-order chi connectivity index (χ0) is 21.3. The summed E-state index contributed by atoms with van der Waals surface area (Å²) in [5, 5.41) is 10.8. The third kappa shape index (κ3) is 4.05. The number of nitro groups is 1. The van der Waals surface area contributed by atoms with Gasteiger partial charge in [0.2, 0.25) is 5.91 Å². The number of hydrogen-bond donors (Lipinski definition) is 0. The predicted octanol–water partition coefficient (Wildman–Crippen LogP) is 3.49. The Morgan fingerprint density at radius 3 is 2.17 bits per heavy atom. The molecule has 0 radical (unpaired) electrons. The highest BCUT2D eigenvalue weighted by molar-refractivity contribution is 6.03. The molecule has 1 heterocycles. The molecule has 10 heteroatoms. The lowest BCUT2D eigenvalue weighted by Crippen LogP contribution is -2.57. The molecule has 0 spiro atoms. The summed E-state index contributed by atoms with van der Waals surface area (Å²) in [6.45, 7) is 1.86. The van der Waals surface area contributed by atoms with Crippen LogP contribution in [0.3, 0.4) is 0 Å². The Morgan fingerprint density at radius 1 is 1.07 bits per heavy atom. The second-order valence-electron chi connectivity index (χ2n) is 6.51. The summed E-state index contributed by atoms with van der Waals surface area (Å²) < 4.78 is 38.0. The van der Waals surface area contributed by atoms with E-state index in [0.29, 0.717) is 5.69 Å². The lowest BCUT2D eigenvalue weighted by atomic mass is 10.1. The molecule has 1 aliphatic heterocycles. The molecular weight excluding hydrogens is 391 g/mol. The molecule has 0 unspecified atom stereocenters. The summed E-state index contributed by atoms with van der Waals surface area (Å²) in [6, 6.07) is 8.47. The number of hydrogen-bond acceptors (Lipinski definition) is 4. The fourth-order valence-electron chi connectivity index (χ4n) is 3.13. The molecule has 0 bridgehead atoms. The van der Waals surface area contributed by atoms with Crippen molar-refractivity contribution in [1.29, 1.82) is 0 Å². The van der Waals surface area contributed by atoms with Crippen LogP contribution in [0.15, 0.2) is 48.5 Å². The van der Waals surface area contributed by atoms with Gasteiger partial charge in [-0.25, -0.2) is 0 Å². The van der Waals surface area contributed by atoms with Crippen LogP contribution < -0.4 is 4.90 Å². The molecule has 1 fully saturated rings. The van der Waals surface area contributed by atoms with Crippen LogP contribution in [0, 0.1) is 10.1 Å². The number of carbonyl (C=O) groups is 2. The topological polar surface area (TPSA) is 83.8 Å². The summed E-state index contributed by atoms with van der Waals surface area (Å²) in [6.07, 6.45) is -4.50. The highest BCUT2D eigenvalue weighted by Gasteiger charge is 2.36. The van der Waals surface area contributed by atoms with Gasteiger partial charge >= 0.3 is 6.18 Å². The van der Waals surface area contributed by atoms with Crippen LogP contribution in [-0.4, -0.2) is 40.8 Å². The number of nitro benzene ring substituents is 1. The van der Waals surface area contributed by atoms with Crippen molar-refractivity contribution in [1.82, 2.24) is 4.90 Å². The summed E-state index contributed by atoms with van der Waals surface area (Å²) in [5.41, 5.74) is -0.443. The van der Waals surface area contributed by atoms with Gasteiger partial charge in [0, 0.05) is 36.5 Å². The van der Waals surface area contributed by atoms with E-state index in [4.69, 9.17) is 0 Å². The zero-order valence-electron chi connectivity index (χ0n) is 15.2. The highest BCUT2D eigenvalue weighted by Crippen LogP contribution is 2.30. The Labute approximate surface area is 163 Å². The van der Waals surface area contributed by atoms with E-state index in [1.165, 1.54) is 41.0 Å². The van der Waals surface area contributed by atoms with Gasteiger partial charge < -0.3 is 9.80 Å². The van der Waals surface area contributed by atoms with Crippen LogP contribution in [0.25, 0.3) is 0 Å². The first-order valence-electron chi connectivity index (χ1n) is 8.63. The van der Waals surface area contributed by atoms with E-state index < -0.39 is 28.6 Å². The van der Waals surface area contributed by atoms with Gasteiger partial charge in [-0.05, 0) is 43.3 Å². The molecule has 1 aliphatic rings. The van der Waals surface area contributed by atoms with Crippen molar-refractivity contribution in [3.63, 3.8) is 0 Å². The molecule has 1 saturated heterocycles. The Hall–Kier alpha value is -3.43. The molecule has 0 N–H and O–H groups in total. The molecule has 0 saturated carbocycles. The van der Waals surface area contributed by atoms with E-state index in [9.17, 15) is 32.9 Å². The molecule has 0 aromatic heterocycles. The number of non-ortho nitro benzene ring substituents is 1. The van der Waals surface area contributed by atoms with E-state index in [-0.39, 0.29) is 30.2 Å². The van der Waals surface area contributed by atoms with E-state index in [2.05, 4.69) is 0 Å². The summed E-state index contributed by atoms with van der Waals surface area (Å²) in [4.78, 5) is 38.3. The molecule has 7 nitrogen and oxygen atoms in total. The maximum absolute atomic E-state index is 12.7. The highest BCUT2D eigenvalue weighted by atomic mass is 19.4. The Bertz CT molecular complexity index is 943. The number of carbonyl (C=O) groups excluding carboxylic acids is 2. The summed E-state index contributed by atoms with van der Waals surface area (Å²) in [5.74, 6) is -0.923. The third-order valence-corrected chi connectivity index (χ3v) is 4.75. The first kappa shape index (κ1) is 20.3. The quantitative estimate of drug-likeness (QED) is 0.576. The number of amides is 2. The lowest BCUT2D eigenvalue weighted by molar-refractivity contribution is -0.384. The Morgan fingerprint density at radius 2 is 1.66 bits per heavy atom. The van der Waals surface area contributed by atoms with Crippen LogP contribution in [0.5, 0.6) is 0 Å². The third-order valence-electron chi connectivity index (χ3n) is 4.75. The van der Waals surface area contributed by atoms with E-state index in [0.717, 1.165) is 24.3 Å². The fraction of sp³-hybridized carbons (Fsp3) is 0.263. The SMILES string of the molecule is C[C@H]1C(=O)N(c2ccc([N+](=O)[O-])cc2)CCN1C(=O)c1ccc(C(F)(F)F)cc1. The van der Waals surface area contributed by atoms with Crippen molar-refractivity contribution in [3.8, 4) is 0 Å². The van der Waals surface area contributed by atoms with E-state index in [1.807, 2.05) is 0 Å². The zero-order valence-corrected chi connectivity index (χ0v) is 15.2. The van der Waals surface area contributed by atoms with Crippen LogP contribution in [-0.2, 0) is 11.0 Å². The first-order valence-corrected chi connectivity index (χ1v) is 8.63. The molecule has 2 aromatic carbocycles. The number of benzene rings is 2. The molecule has 0 aliphatic carbocycles. The monoisotopic (exact) mass is 407 g/mol. The largest absolute Gasteiger partial charge is 0.416 e. The van der Waals surface area contributed by atoms with Crippen LogP contribution >= 0.6 is 0 Å². The van der Waals surface area contributed by atoms with Crippen molar-refractivity contribution >= 4 is 23.2 Å². The number of anilines is 1. The summed E-state index contributed by atoms with van der Waals surface area (Å²) >= 11 is 0. The van der Waals surface area contributed by atoms with Crippen molar-refractivity contribution in [2.75, 3.05) is 18.0 Å². The van der Waals surface area contributed by atoms with Gasteiger partial charge in [-0.3, -0.25) is 19.7 Å². The smallest absolute Gasteiger partial charge is 0.325 e. The van der Waals surface area contributed by atoms with Crippen LogP contribution in [0.1, 0.15) is 22.8 Å². The second kappa shape index (κ2) is 7.53. The van der Waals surface area contributed by atoms with Gasteiger partial charge in [-0.2, -0.15) is 13.2 Å². The predicted molar refractivity (Wildman–Crippen MR) is 97.4 cm³/mol. The van der Waals surface area contributed by atoms with Gasteiger partial charge in [-0.1, -0.05) is 0 Å². The minimum atomic E-state index is -4.50. The van der Waals surface area contributed by atoms with Gasteiger partial charge in [0.15, 0.2) is 0 Å². The Kier molecular flexibility index (Phi) is 5.27.